The number of carbonyl (C=O) groups excluding carboxylic acids is 2. The van der Waals surface area contributed by atoms with Gasteiger partial charge in [0.2, 0.25) is 11.1 Å². The molecule has 1 aromatic heterocycles. The molecule has 1 aliphatic heterocycles. The number of aromatic nitrogens is 3. The Morgan fingerprint density at radius 1 is 1.05 bits per heavy atom. The first-order valence-electron chi connectivity index (χ1n) is 12.1. The number of amides is 2. The van der Waals surface area contributed by atoms with E-state index in [4.69, 9.17) is 0 Å². The maximum Gasteiger partial charge on any atom is 0.270 e. The summed E-state index contributed by atoms with van der Waals surface area (Å²) in [6.07, 6.45) is 0. The fourth-order valence-corrected chi connectivity index (χ4v) is 5.87. The molecule has 0 unspecified atom stereocenters. The maximum atomic E-state index is 13.4. The number of non-ortho nitro benzene ring substituents is 1. The zero-order valence-electron chi connectivity index (χ0n) is 21.0. The van der Waals surface area contributed by atoms with Crippen molar-refractivity contribution >= 4 is 52.4 Å². The molecule has 2 N–H and O–H groups in total. The average molecular weight is 561 g/mol. The number of hydrogen-bond donors (Lipinski definition) is 2. The topological polar surface area (TPSA) is 134 Å². The summed E-state index contributed by atoms with van der Waals surface area (Å²) in [5, 5.41) is 21.5. The number of aromatic amines is 1. The van der Waals surface area contributed by atoms with Gasteiger partial charge in [-0.05, 0) is 36.2 Å². The molecule has 4 aromatic rings. The molecule has 0 aliphatic carbocycles. The molecule has 0 fully saturated rings. The van der Waals surface area contributed by atoms with Gasteiger partial charge in [-0.3, -0.25) is 29.7 Å². The van der Waals surface area contributed by atoms with E-state index in [1.807, 2.05) is 62.4 Å². The second-order valence-electron chi connectivity index (χ2n) is 9.06. The molecule has 2 heterocycles. The molecule has 0 radical (unpaired) electrons. The molecule has 198 valence electrons. The van der Waals surface area contributed by atoms with Crippen LogP contribution < -0.4 is 10.2 Å². The lowest BCUT2D eigenvalue weighted by Crippen LogP contribution is -2.32. The number of rotatable bonds is 8. The summed E-state index contributed by atoms with van der Waals surface area (Å²) >= 11 is 2.84. The summed E-state index contributed by atoms with van der Waals surface area (Å²) < 4.78 is 0. The number of anilines is 2. The second kappa shape index (κ2) is 11.3. The van der Waals surface area contributed by atoms with Crippen LogP contribution in [0.25, 0.3) is 0 Å². The number of para-hydroxylation sites is 2. The fourth-order valence-electron chi connectivity index (χ4n) is 4.16. The van der Waals surface area contributed by atoms with Crippen LogP contribution in [0.3, 0.4) is 0 Å². The van der Waals surface area contributed by atoms with Crippen molar-refractivity contribution in [2.45, 2.75) is 34.8 Å². The number of benzene rings is 3. The van der Waals surface area contributed by atoms with Crippen LogP contribution in [0.5, 0.6) is 0 Å². The third-order valence-electron chi connectivity index (χ3n) is 6.06. The van der Waals surface area contributed by atoms with Crippen LogP contribution >= 0.6 is 23.5 Å². The van der Waals surface area contributed by atoms with Gasteiger partial charge in [0.1, 0.15) is 5.82 Å². The highest BCUT2D eigenvalue weighted by molar-refractivity contribution is 8.00. The number of nitro benzene ring substituents is 1. The Morgan fingerprint density at radius 3 is 2.36 bits per heavy atom. The van der Waals surface area contributed by atoms with Crippen molar-refractivity contribution in [2.75, 3.05) is 10.7 Å². The molecule has 0 spiro atoms. The Balaban J connectivity index is 1.29. The summed E-state index contributed by atoms with van der Waals surface area (Å²) in [4.78, 5) is 45.1. The van der Waals surface area contributed by atoms with Crippen molar-refractivity contribution in [2.24, 2.45) is 5.92 Å². The van der Waals surface area contributed by atoms with Crippen LogP contribution in [0.1, 0.15) is 36.1 Å². The van der Waals surface area contributed by atoms with Crippen molar-refractivity contribution in [3.8, 4) is 0 Å². The number of nitrogens with zero attached hydrogens (tertiary/aromatic N) is 4. The molecule has 0 saturated carbocycles. The van der Waals surface area contributed by atoms with Crippen LogP contribution in [0.15, 0.2) is 87.7 Å². The van der Waals surface area contributed by atoms with Gasteiger partial charge in [-0.2, -0.15) is 0 Å². The van der Waals surface area contributed by atoms with Gasteiger partial charge < -0.3 is 5.32 Å². The maximum absolute atomic E-state index is 13.4. The van der Waals surface area contributed by atoms with E-state index in [1.54, 1.807) is 16.7 Å². The van der Waals surface area contributed by atoms with E-state index >= 15 is 0 Å². The summed E-state index contributed by atoms with van der Waals surface area (Å²) in [7, 11) is 0. The van der Waals surface area contributed by atoms with Gasteiger partial charge in [0.15, 0.2) is 0 Å². The summed E-state index contributed by atoms with van der Waals surface area (Å²) in [5.74, 6) is -0.0797. The highest BCUT2D eigenvalue weighted by Crippen LogP contribution is 2.48. The predicted octanol–water partition coefficient (Wildman–Crippen LogP) is 5.76. The first-order chi connectivity index (χ1) is 18.8. The minimum absolute atomic E-state index is 0.0565. The van der Waals surface area contributed by atoms with E-state index in [0.29, 0.717) is 11.0 Å². The van der Waals surface area contributed by atoms with E-state index in [2.05, 4.69) is 20.5 Å². The summed E-state index contributed by atoms with van der Waals surface area (Å²) in [5.41, 5.74) is 1.69. The molecule has 1 atom stereocenters. The van der Waals surface area contributed by atoms with Crippen LogP contribution in [0.4, 0.5) is 17.1 Å². The van der Waals surface area contributed by atoms with Crippen LogP contribution in [-0.4, -0.2) is 37.7 Å². The first-order valence-corrected chi connectivity index (χ1v) is 13.9. The lowest BCUT2D eigenvalue weighted by atomic mass is 10.0. The second-order valence-corrected chi connectivity index (χ2v) is 11.1. The number of carbonyl (C=O) groups is 2. The van der Waals surface area contributed by atoms with Gasteiger partial charge in [0.05, 0.1) is 28.1 Å². The van der Waals surface area contributed by atoms with Gasteiger partial charge >= 0.3 is 0 Å². The SMILES string of the molecule is CC(C)[C@H](NC(=O)c1cccc([N+](=O)[O-])c1)c1nc(SCC(=O)N2c3ccccc3Sc3ccccc32)n[nH]1. The third kappa shape index (κ3) is 5.66. The lowest BCUT2D eigenvalue weighted by molar-refractivity contribution is -0.384. The molecule has 0 saturated heterocycles. The Kier molecular flexibility index (Phi) is 7.66. The highest BCUT2D eigenvalue weighted by atomic mass is 32.2. The Hall–Kier alpha value is -4.16. The van der Waals surface area contributed by atoms with E-state index in [0.717, 1.165) is 21.2 Å². The first kappa shape index (κ1) is 26.4. The summed E-state index contributed by atoms with van der Waals surface area (Å²) in [6, 6.07) is 20.6. The molecule has 0 bridgehead atoms. The van der Waals surface area contributed by atoms with Crippen LogP contribution in [0.2, 0.25) is 0 Å². The molecule has 1 aliphatic rings. The van der Waals surface area contributed by atoms with Crippen molar-refractivity contribution < 1.29 is 14.5 Å². The minimum Gasteiger partial charge on any atom is -0.342 e. The van der Waals surface area contributed by atoms with Gasteiger partial charge in [-0.25, -0.2) is 4.98 Å². The lowest BCUT2D eigenvalue weighted by Gasteiger charge is -2.30. The number of nitrogens with one attached hydrogen (secondary N) is 2. The molecule has 39 heavy (non-hydrogen) atoms. The zero-order valence-corrected chi connectivity index (χ0v) is 22.7. The highest BCUT2D eigenvalue weighted by Gasteiger charge is 2.29. The van der Waals surface area contributed by atoms with Crippen LogP contribution in [-0.2, 0) is 4.79 Å². The molecule has 10 nitrogen and oxygen atoms in total. The quantitative estimate of drug-likeness (QED) is 0.158. The predicted molar refractivity (Wildman–Crippen MR) is 149 cm³/mol. The number of fused-ring (bicyclic) bond motifs is 2. The fraction of sp³-hybridized carbons (Fsp3) is 0.185. The molecule has 12 heteroatoms. The van der Waals surface area contributed by atoms with Crippen molar-refractivity contribution in [3.63, 3.8) is 0 Å². The zero-order chi connectivity index (χ0) is 27.5. The average Bonchev–Trinajstić information content (AvgIpc) is 3.41. The van der Waals surface area contributed by atoms with E-state index in [9.17, 15) is 19.7 Å². The van der Waals surface area contributed by atoms with Crippen molar-refractivity contribution in [3.05, 3.63) is 94.3 Å². The van der Waals surface area contributed by atoms with Crippen molar-refractivity contribution in [1.29, 1.82) is 0 Å². The van der Waals surface area contributed by atoms with E-state index in [-0.39, 0.29) is 28.8 Å². The Bertz CT molecular complexity index is 1510. The van der Waals surface area contributed by atoms with Gasteiger partial charge in [0, 0.05) is 27.5 Å². The van der Waals surface area contributed by atoms with Gasteiger partial charge in [0.25, 0.3) is 11.6 Å². The van der Waals surface area contributed by atoms with Crippen molar-refractivity contribution in [1.82, 2.24) is 20.5 Å². The molecular formula is C27H24N6O4S2. The number of thioether (sulfide) groups is 1. The number of hydrogen-bond acceptors (Lipinski definition) is 8. The molecular weight excluding hydrogens is 536 g/mol. The molecule has 3 aromatic carbocycles. The Labute approximate surface area is 232 Å². The standard InChI is InChI=1S/C27H24N6O4S2/c1-16(2)24(28-26(35)17-8-7-9-18(14-17)33(36)37)25-29-27(31-30-25)38-15-23(34)32-19-10-3-5-12-21(19)39-22-13-6-4-11-20(22)32/h3-14,16,24H,15H2,1-2H3,(H,28,35)(H,29,30,31)/t24-/m0/s1. The van der Waals surface area contributed by atoms with Crippen LogP contribution in [0, 0.1) is 16.0 Å². The largest absolute Gasteiger partial charge is 0.342 e. The third-order valence-corrected chi connectivity index (χ3v) is 8.02. The van der Waals surface area contributed by atoms with E-state index < -0.39 is 16.9 Å². The molecule has 5 rings (SSSR count). The number of H-pyrrole nitrogens is 1. The van der Waals surface area contributed by atoms with E-state index in [1.165, 1.54) is 36.0 Å². The molecule has 2 amide bonds. The van der Waals surface area contributed by atoms with Gasteiger partial charge in [-0.15, -0.1) is 5.10 Å². The monoisotopic (exact) mass is 560 g/mol. The normalized spacial score (nSPS) is 12.9. The van der Waals surface area contributed by atoms with Gasteiger partial charge in [-0.1, -0.05) is 67.7 Å². The summed E-state index contributed by atoms with van der Waals surface area (Å²) in [6.45, 7) is 3.83. The number of nitro groups is 1. The Morgan fingerprint density at radius 2 is 1.72 bits per heavy atom. The minimum atomic E-state index is -0.544. The smallest absolute Gasteiger partial charge is 0.270 e.